The van der Waals surface area contributed by atoms with Crippen molar-refractivity contribution >= 4 is 5.78 Å². The Kier molecular flexibility index (Phi) is 4.59. The molecule has 0 aliphatic heterocycles. The number of aryl methyl sites for hydroxylation is 1. The predicted octanol–water partition coefficient (Wildman–Crippen LogP) is 3.84. The summed E-state index contributed by atoms with van der Waals surface area (Å²) in [4.78, 5) is 12.6. The molecule has 1 saturated carbocycles. The molecule has 1 aliphatic carbocycles. The Hall–Kier alpha value is -1.22. The third kappa shape index (κ3) is 3.09. The SMILES string of the molecule is COC1(C(=O)Cc2ccc(F)cc2C)CCC(C)CC1. The molecule has 0 aromatic heterocycles. The van der Waals surface area contributed by atoms with Gasteiger partial charge in [0.15, 0.2) is 5.78 Å². The van der Waals surface area contributed by atoms with E-state index in [1.807, 2.05) is 6.92 Å². The zero-order chi connectivity index (χ0) is 14.8. The van der Waals surface area contributed by atoms with E-state index in [4.69, 9.17) is 4.74 Å². The minimum absolute atomic E-state index is 0.126. The molecular weight excluding hydrogens is 255 g/mol. The molecule has 0 spiro atoms. The number of hydrogen-bond donors (Lipinski definition) is 0. The van der Waals surface area contributed by atoms with Crippen molar-refractivity contribution in [2.45, 2.75) is 51.6 Å². The average molecular weight is 278 g/mol. The predicted molar refractivity (Wildman–Crippen MR) is 77.2 cm³/mol. The molecule has 0 saturated heterocycles. The highest BCUT2D eigenvalue weighted by molar-refractivity contribution is 5.89. The van der Waals surface area contributed by atoms with Crippen LogP contribution in [0.1, 0.15) is 43.7 Å². The van der Waals surface area contributed by atoms with Gasteiger partial charge in [0, 0.05) is 13.5 Å². The zero-order valence-corrected chi connectivity index (χ0v) is 12.5. The van der Waals surface area contributed by atoms with Crippen LogP contribution in [0.25, 0.3) is 0 Å². The molecule has 0 atom stereocenters. The van der Waals surface area contributed by atoms with Gasteiger partial charge in [0.25, 0.3) is 0 Å². The molecule has 0 N–H and O–H groups in total. The van der Waals surface area contributed by atoms with Crippen molar-refractivity contribution in [2.24, 2.45) is 5.92 Å². The lowest BCUT2D eigenvalue weighted by Gasteiger charge is -2.37. The summed E-state index contributed by atoms with van der Waals surface area (Å²) in [5, 5.41) is 0. The second kappa shape index (κ2) is 6.04. The van der Waals surface area contributed by atoms with Crippen molar-refractivity contribution < 1.29 is 13.9 Å². The molecule has 1 fully saturated rings. The van der Waals surface area contributed by atoms with Gasteiger partial charge in [0.1, 0.15) is 11.4 Å². The van der Waals surface area contributed by atoms with Crippen LogP contribution in [-0.2, 0) is 16.0 Å². The van der Waals surface area contributed by atoms with Gasteiger partial charge in [-0.2, -0.15) is 0 Å². The van der Waals surface area contributed by atoms with Crippen molar-refractivity contribution in [1.29, 1.82) is 0 Å². The number of halogens is 1. The number of carbonyl (C=O) groups excluding carboxylic acids is 1. The topological polar surface area (TPSA) is 26.3 Å². The summed E-state index contributed by atoms with van der Waals surface area (Å²) in [6, 6.07) is 4.60. The van der Waals surface area contributed by atoms with Crippen LogP contribution in [0.2, 0.25) is 0 Å². The van der Waals surface area contributed by atoms with E-state index in [0.717, 1.165) is 36.8 Å². The van der Waals surface area contributed by atoms with Crippen LogP contribution in [0.15, 0.2) is 18.2 Å². The maximum Gasteiger partial charge on any atom is 0.168 e. The number of hydrogen-bond acceptors (Lipinski definition) is 2. The maximum absolute atomic E-state index is 13.1. The smallest absolute Gasteiger partial charge is 0.168 e. The minimum atomic E-state index is -0.632. The van der Waals surface area contributed by atoms with Gasteiger partial charge >= 0.3 is 0 Å². The Morgan fingerprint density at radius 3 is 2.60 bits per heavy atom. The number of ketones is 1. The van der Waals surface area contributed by atoms with Gasteiger partial charge < -0.3 is 4.74 Å². The number of methoxy groups -OCH3 is 1. The van der Waals surface area contributed by atoms with Gasteiger partial charge in [-0.3, -0.25) is 4.79 Å². The van der Waals surface area contributed by atoms with E-state index in [9.17, 15) is 9.18 Å². The van der Waals surface area contributed by atoms with E-state index in [0.29, 0.717) is 12.3 Å². The second-order valence-corrected chi connectivity index (χ2v) is 6.05. The van der Waals surface area contributed by atoms with Crippen LogP contribution in [0.3, 0.4) is 0 Å². The molecule has 0 unspecified atom stereocenters. The highest BCUT2D eigenvalue weighted by Crippen LogP contribution is 2.36. The van der Waals surface area contributed by atoms with Crippen molar-refractivity contribution in [2.75, 3.05) is 7.11 Å². The normalized spacial score (nSPS) is 26.5. The van der Waals surface area contributed by atoms with Crippen LogP contribution >= 0.6 is 0 Å². The lowest BCUT2D eigenvalue weighted by atomic mass is 9.75. The highest BCUT2D eigenvalue weighted by atomic mass is 19.1. The monoisotopic (exact) mass is 278 g/mol. The van der Waals surface area contributed by atoms with Gasteiger partial charge in [0.2, 0.25) is 0 Å². The summed E-state index contributed by atoms with van der Waals surface area (Å²) in [6.45, 7) is 4.06. The summed E-state index contributed by atoms with van der Waals surface area (Å²) in [7, 11) is 1.63. The van der Waals surface area contributed by atoms with Gasteiger partial charge in [-0.15, -0.1) is 0 Å². The number of rotatable bonds is 4. The van der Waals surface area contributed by atoms with Gasteiger partial charge in [0.05, 0.1) is 0 Å². The highest BCUT2D eigenvalue weighted by Gasteiger charge is 2.40. The largest absolute Gasteiger partial charge is 0.370 e. The number of carbonyl (C=O) groups is 1. The van der Waals surface area contributed by atoms with Gasteiger partial charge in [-0.05, 0) is 61.8 Å². The molecule has 1 aromatic rings. The van der Waals surface area contributed by atoms with Crippen molar-refractivity contribution in [3.05, 3.63) is 35.1 Å². The Morgan fingerprint density at radius 2 is 2.05 bits per heavy atom. The summed E-state index contributed by atoms with van der Waals surface area (Å²) in [5.74, 6) is 0.534. The fourth-order valence-corrected chi connectivity index (χ4v) is 3.02. The van der Waals surface area contributed by atoms with E-state index in [1.54, 1.807) is 13.2 Å². The zero-order valence-electron chi connectivity index (χ0n) is 12.5. The second-order valence-electron chi connectivity index (χ2n) is 6.05. The van der Waals surface area contributed by atoms with E-state index in [2.05, 4.69) is 6.92 Å². The molecule has 2 nitrogen and oxygen atoms in total. The first kappa shape index (κ1) is 15.2. The fourth-order valence-electron chi connectivity index (χ4n) is 3.02. The van der Waals surface area contributed by atoms with Crippen molar-refractivity contribution in [3.8, 4) is 0 Å². The van der Waals surface area contributed by atoms with Gasteiger partial charge in [-0.25, -0.2) is 4.39 Å². The molecule has 0 radical (unpaired) electrons. The first-order valence-corrected chi connectivity index (χ1v) is 7.30. The van der Waals surface area contributed by atoms with Crippen molar-refractivity contribution in [3.63, 3.8) is 0 Å². The lowest BCUT2D eigenvalue weighted by Crippen LogP contribution is -2.44. The number of benzene rings is 1. The molecule has 2 rings (SSSR count). The minimum Gasteiger partial charge on any atom is -0.370 e. The number of Topliss-reactive ketones (excluding diaryl/α,β-unsaturated/α-hetero) is 1. The molecule has 20 heavy (non-hydrogen) atoms. The lowest BCUT2D eigenvalue weighted by molar-refractivity contribution is -0.145. The molecule has 3 heteroatoms. The Morgan fingerprint density at radius 1 is 1.40 bits per heavy atom. The Bertz CT molecular complexity index is 488. The van der Waals surface area contributed by atoms with Crippen LogP contribution in [0, 0.1) is 18.7 Å². The van der Waals surface area contributed by atoms with Crippen molar-refractivity contribution in [1.82, 2.24) is 0 Å². The molecule has 110 valence electrons. The Balaban J connectivity index is 2.13. The average Bonchev–Trinajstić information content (AvgIpc) is 2.43. The van der Waals surface area contributed by atoms with E-state index in [-0.39, 0.29) is 11.6 Å². The molecule has 1 aromatic carbocycles. The van der Waals surface area contributed by atoms with E-state index < -0.39 is 5.60 Å². The standard InChI is InChI=1S/C17H23FO2/c1-12-6-8-17(20-3,9-7-12)16(19)11-14-4-5-15(18)10-13(14)2/h4-5,10,12H,6-9,11H2,1-3H3. The third-order valence-corrected chi connectivity index (χ3v) is 4.64. The Labute approximate surface area is 120 Å². The first-order chi connectivity index (χ1) is 9.47. The first-order valence-electron chi connectivity index (χ1n) is 7.30. The maximum atomic E-state index is 13.1. The molecule has 0 amide bonds. The third-order valence-electron chi connectivity index (χ3n) is 4.64. The molecular formula is C17H23FO2. The van der Waals surface area contributed by atoms with E-state index >= 15 is 0 Å². The van der Waals surface area contributed by atoms with Crippen LogP contribution in [0.5, 0.6) is 0 Å². The van der Waals surface area contributed by atoms with Gasteiger partial charge in [-0.1, -0.05) is 13.0 Å². The summed E-state index contributed by atoms with van der Waals surface area (Å²) in [6.07, 6.45) is 3.98. The summed E-state index contributed by atoms with van der Waals surface area (Å²) < 4.78 is 18.7. The van der Waals surface area contributed by atoms with E-state index in [1.165, 1.54) is 12.1 Å². The summed E-state index contributed by atoms with van der Waals surface area (Å²) >= 11 is 0. The van der Waals surface area contributed by atoms with Crippen LogP contribution in [0.4, 0.5) is 4.39 Å². The number of ether oxygens (including phenoxy) is 1. The fraction of sp³-hybridized carbons (Fsp3) is 0.588. The summed E-state index contributed by atoms with van der Waals surface area (Å²) in [5.41, 5.74) is 1.09. The molecule has 0 heterocycles. The quantitative estimate of drug-likeness (QED) is 0.836. The molecule has 0 bridgehead atoms. The van der Waals surface area contributed by atoms with Crippen LogP contribution < -0.4 is 0 Å². The molecule has 1 aliphatic rings. The van der Waals surface area contributed by atoms with Crippen LogP contribution in [-0.4, -0.2) is 18.5 Å².